The summed E-state index contributed by atoms with van der Waals surface area (Å²) in [6.07, 6.45) is 6.69. The first-order valence-corrected chi connectivity index (χ1v) is 8.90. The number of carbonyl (C=O) groups is 1. The lowest BCUT2D eigenvalue weighted by molar-refractivity contribution is 0.0524. The van der Waals surface area contributed by atoms with E-state index in [1.807, 2.05) is 41.1 Å². The van der Waals surface area contributed by atoms with Crippen molar-refractivity contribution in [3.8, 4) is 11.1 Å². The largest absolute Gasteiger partial charge is 0.462 e. The molecular formula is C21H18N4O3. The number of fused-ring (bicyclic) bond motifs is 1. The second kappa shape index (κ2) is 7.48. The minimum atomic E-state index is -0.635. The van der Waals surface area contributed by atoms with Crippen LogP contribution in [-0.4, -0.2) is 32.3 Å². The van der Waals surface area contributed by atoms with E-state index in [0.717, 1.165) is 16.7 Å². The number of H-pyrrole nitrogens is 1. The summed E-state index contributed by atoms with van der Waals surface area (Å²) in [4.78, 5) is 29.0. The number of benzene rings is 1. The molecule has 0 bridgehead atoms. The van der Waals surface area contributed by atoms with E-state index in [1.54, 1.807) is 31.6 Å². The van der Waals surface area contributed by atoms with Gasteiger partial charge in [0, 0.05) is 30.7 Å². The Morgan fingerprint density at radius 1 is 1.18 bits per heavy atom. The summed E-state index contributed by atoms with van der Waals surface area (Å²) >= 11 is 0. The molecule has 0 amide bonds. The van der Waals surface area contributed by atoms with E-state index in [9.17, 15) is 9.59 Å². The predicted molar refractivity (Wildman–Crippen MR) is 105 cm³/mol. The molecule has 7 nitrogen and oxygen atoms in total. The summed E-state index contributed by atoms with van der Waals surface area (Å²) in [5.74, 6) is -0.635. The Hall–Kier alpha value is -3.74. The maximum atomic E-state index is 12.6. The molecular weight excluding hydrogens is 356 g/mol. The van der Waals surface area contributed by atoms with Gasteiger partial charge in [-0.3, -0.25) is 14.9 Å². The molecule has 0 radical (unpaired) electrons. The second-order valence-electron chi connectivity index (χ2n) is 6.28. The monoisotopic (exact) mass is 374 g/mol. The maximum Gasteiger partial charge on any atom is 0.343 e. The van der Waals surface area contributed by atoms with Gasteiger partial charge in [-0.15, -0.1) is 0 Å². The molecule has 28 heavy (non-hydrogen) atoms. The standard InChI is InChI=1S/C21H18N4O3/c1-2-28-21(27)17-13-25(18-4-3-9-22-19(18)20(17)26)12-14-5-7-15(8-6-14)16-10-23-24-11-16/h3-11,13H,2,12H2,1H3,(H,23,24). The van der Waals surface area contributed by atoms with Crippen molar-refractivity contribution in [2.45, 2.75) is 13.5 Å². The average Bonchev–Trinajstić information content (AvgIpc) is 3.26. The number of aromatic nitrogens is 4. The van der Waals surface area contributed by atoms with Crippen molar-refractivity contribution in [2.75, 3.05) is 6.61 Å². The molecule has 0 atom stereocenters. The zero-order chi connectivity index (χ0) is 19.5. The number of rotatable bonds is 5. The Bertz CT molecular complexity index is 1180. The first-order valence-electron chi connectivity index (χ1n) is 8.90. The molecule has 0 spiro atoms. The molecule has 1 N–H and O–H groups in total. The number of hydrogen-bond acceptors (Lipinski definition) is 5. The molecule has 0 fully saturated rings. The maximum absolute atomic E-state index is 12.6. The molecule has 3 heterocycles. The molecule has 0 aliphatic carbocycles. The smallest absolute Gasteiger partial charge is 0.343 e. The van der Waals surface area contributed by atoms with Gasteiger partial charge in [0.15, 0.2) is 0 Å². The van der Waals surface area contributed by atoms with E-state index in [4.69, 9.17) is 4.74 Å². The van der Waals surface area contributed by atoms with E-state index in [0.29, 0.717) is 12.1 Å². The third-order valence-electron chi connectivity index (χ3n) is 4.47. The summed E-state index contributed by atoms with van der Waals surface area (Å²) in [5.41, 5.74) is 3.58. The van der Waals surface area contributed by atoms with Crippen molar-refractivity contribution in [1.29, 1.82) is 0 Å². The zero-order valence-electron chi connectivity index (χ0n) is 15.3. The summed E-state index contributed by atoms with van der Waals surface area (Å²) in [5, 5.41) is 6.76. The number of esters is 1. The number of hydrogen-bond donors (Lipinski definition) is 1. The van der Waals surface area contributed by atoms with Gasteiger partial charge in [-0.1, -0.05) is 24.3 Å². The highest BCUT2D eigenvalue weighted by Crippen LogP contribution is 2.19. The van der Waals surface area contributed by atoms with Crippen molar-refractivity contribution in [2.24, 2.45) is 0 Å². The van der Waals surface area contributed by atoms with Crippen LogP contribution in [-0.2, 0) is 11.3 Å². The van der Waals surface area contributed by atoms with Gasteiger partial charge in [-0.25, -0.2) is 4.79 Å². The minimum absolute atomic E-state index is 0.0110. The Morgan fingerprint density at radius 2 is 2.00 bits per heavy atom. The molecule has 3 aromatic heterocycles. The van der Waals surface area contributed by atoms with Gasteiger partial charge in [-0.05, 0) is 30.2 Å². The molecule has 4 aromatic rings. The van der Waals surface area contributed by atoms with Crippen LogP contribution in [0.25, 0.3) is 22.2 Å². The lowest BCUT2D eigenvalue weighted by atomic mass is 10.1. The van der Waals surface area contributed by atoms with Gasteiger partial charge < -0.3 is 9.30 Å². The molecule has 140 valence electrons. The molecule has 1 aromatic carbocycles. The number of pyridine rings is 2. The number of aromatic amines is 1. The summed E-state index contributed by atoms with van der Waals surface area (Å²) in [6.45, 7) is 2.39. The van der Waals surface area contributed by atoms with Gasteiger partial charge in [-0.2, -0.15) is 5.10 Å². The van der Waals surface area contributed by atoms with Gasteiger partial charge in [0.2, 0.25) is 5.43 Å². The van der Waals surface area contributed by atoms with Crippen LogP contribution >= 0.6 is 0 Å². The van der Waals surface area contributed by atoms with Crippen molar-refractivity contribution in [3.05, 3.63) is 82.5 Å². The Morgan fingerprint density at radius 3 is 2.71 bits per heavy atom. The van der Waals surface area contributed by atoms with Crippen LogP contribution in [0, 0.1) is 0 Å². The summed E-state index contributed by atoms with van der Waals surface area (Å²) in [7, 11) is 0. The fraction of sp³-hybridized carbons (Fsp3) is 0.143. The van der Waals surface area contributed by atoms with E-state index in [1.165, 1.54) is 0 Å². The molecule has 0 saturated heterocycles. The van der Waals surface area contributed by atoms with Crippen molar-refractivity contribution in [3.63, 3.8) is 0 Å². The van der Waals surface area contributed by atoms with Crippen LogP contribution < -0.4 is 5.43 Å². The van der Waals surface area contributed by atoms with Crippen LogP contribution in [0.2, 0.25) is 0 Å². The number of ether oxygens (including phenoxy) is 1. The molecule has 0 saturated carbocycles. The Labute approximate surface area is 160 Å². The van der Waals surface area contributed by atoms with E-state index in [2.05, 4.69) is 15.2 Å². The van der Waals surface area contributed by atoms with Gasteiger partial charge in [0.25, 0.3) is 0 Å². The highest BCUT2D eigenvalue weighted by Gasteiger charge is 2.17. The van der Waals surface area contributed by atoms with Crippen LogP contribution in [0.3, 0.4) is 0 Å². The third-order valence-corrected chi connectivity index (χ3v) is 4.47. The zero-order valence-corrected chi connectivity index (χ0v) is 15.3. The summed E-state index contributed by atoms with van der Waals surface area (Å²) < 4.78 is 6.88. The molecule has 0 aliphatic heterocycles. The van der Waals surface area contributed by atoms with Crippen LogP contribution in [0.15, 0.2) is 66.0 Å². The predicted octanol–water partition coefficient (Wildman–Crippen LogP) is 3.01. The van der Waals surface area contributed by atoms with Crippen molar-refractivity contribution < 1.29 is 9.53 Å². The first kappa shape index (κ1) is 17.7. The normalized spacial score (nSPS) is 10.9. The highest BCUT2D eigenvalue weighted by molar-refractivity contribution is 5.92. The second-order valence-corrected chi connectivity index (χ2v) is 6.28. The molecule has 0 aliphatic rings. The summed E-state index contributed by atoms with van der Waals surface area (Å²) in [6, 6.07) is 11.6. The third kappa shape index (κ3) is 3.29. The van der Waals surface area contributed by atoms with Crippen LogP contribution in [0.4, 0.5) is 0 Å². The quantitative estimate of drug-likeness (QED) is 0.542. The average molecular weight is 374 g/mol. The van der Waals surface area contributed by atoms with Crippen molar-refractivity contribution in [1.82, 2.24) is 19.7 Å². The minimum Gasteiger partial charge on any atom is -0.462 e. The van der Waals surface area contributed by atoms with Crippen molar-refractivity contribution >= 4 is 17.0 Å². The highest BCUT2D eigenvalue weighted by atomic mass is 16.5. The van der Waals surface area contributed by atoms with Gasteiger partial charge in [0.1, 0.15) is 11.1 Å². The van der Waals surface area contributed by atoms with E-state index in [-0.39, 0.29) is 17.7 Å². The lowest BCUT2D eigenvalue weighted by Crippen LogP contribution is -2.21. The fourth-order valence-electron chi connectivity index (χ4n) is 3.11. The van der Waals surface area contributed by atoms with E-state index >= 15 is 0 Å². The molecule has 7 heteroatoms. The van der Waals surface area contributed by atoms with E-state index < -0.39 is 11.4 Å². The SMILES string of the molecule is CCOC(=O)c1cn(Cc2ccc(-c3cn[nH]c3)cc2)c2cccnc2c1=O. The Balaban J connectivity index is 1.74. The molecule has 0 unspecified atom stereocenters. The Kier molecular flexibility index (Phi) is 4.72. The number of carbonyl (C=O) groups excluding carboxylic acids is 1. The molecule has 4 rings (SSSR count). The van der Waals surface area contributed by atoms with Gasteiger partial charge in [0.05, 0.1) is 18.3 Å². The number of nitrogens with one attached hydrogen (secondary N) is 1. The first-order chi connectivity index (χ1) is 13.7. The van der Waals surface area contributed by atoms with Gasteiger partial charge >= 0.3 is 5.97 Å². The fourth-order valence-corrected chi connectivity index (χ4v) is 3.11. The topological polar surface area (TPSA) is 89.9 Å². The number of nitrogens with zero attached hydrogens (tertiary/aromatic N) is 3. The van der Waals surface area contributed by atoms with Crippen LogP contribution in [0.5, 0.6) is 0 Å². The lowest BCUT2D eigenvalue weighted by Gasteiger charge is -2.13. The van der Waals surface area contributed by atoms with Crippen LogP contribution in [0.1, 0.15) is 22.8 Å².